The van der Waals surface area contributed by atoms with Crippen LogP contribution in [0, 0.1) is 5.41 Å². The van der Waals surface area contributed by atoms with E-state index in [1.54, 1.807) is 0 Å². The molecule has 10 nitrogen and oxygen atoms in total. The minimum atomic E-state index is -4.31. The van der Waals surface area contributed by atoms with E-state index in [0.717, 1.165) is 32.1 Å². The van der Waals surface area contributed by atoms with E-state index in [4.69, 9.17) is 5.14 Å². The van der Waals surface area contributed by atoms with E-state index in [2.05, 4.69) is 6.92 Å². The van der Waals surface area contributed by atoms with Crippen LogP contribution in [0.2, 0.25) is 0 Å². The molecule has 0 radical (unpaired) electrons. The van der Waals surface area contributed by atoms with Gasteiger partial charge in [0.15, 0.2) is 0 Å². The van der Waals surface area contributed by atoms with Crippen LogP contribution in [0.4, 0.5) is 4.79 Å². The summed E-state index contributed by atoms with van der Waals surface area (Å²) in [6, 6.07) is -0.972. The zero-order valence-corrected chi connectivity index (χ0v) is 14.9. The summed E-state index contributed by atoms with van der Waals surface area (Å²) in [6.07, 6.45) is 4.60. The second-order valence-corrected chi connectivity index (χ2v) is 7.38. The van der Waals surface area contributed by atoms with Crippen molar-refractivity contribution >= 4 is 34.0 Å². The van der Waals surface area contributed by atoms with Crippen LogP contribution in [0.25, 0.3) is 0 Å². The molecule has 11 heteroatoms. The van der Waals surface area contributed by atoms with Crippen LogP contribution in [0.15, 0.2) is 0 Å². The van der Waals surface area contributed by atoms with E-state index in [-0.39, 0.29) is 6.42 Å². The van der Waals surface area contributed by atoms with Crippen molar-refractivity contribution in [3.63, 3.8) is 0 Å². The van der Waals surface area contributed by atoms with Gasteiger partial charge in [-0.05, 0) is 6.42 Å². The fourth-order valence-electron chi connectivity index (χ4n) is 2.73. The van der Waals surface area contributed by atoms with E-state index < -0.39 is 45.8 Å². The highest BCUT2D eigenvalue weighted by atomic mass is 32.2. The van der Waals surface area contributed by atoms with Crippen LogP contribution in [0.1, 0.15) is 58.3 Å². The van der Waals surface area contributed by atoms with E-state index in [9.17, 15) is 27.6 Å². The summed E-state index contributed by atoms with van der Waals surface area (Å²) < 4.78 is 23.4. The molecular weight excluding hydrogens is 352 g/mol. The maximum absolute atomic E-state index is 12.3. The third-order valence-electron chi connectivity index (χ3n) is 4.00. The lowest BCUT2D eigenvalue weighted by atomic mass is 9.76. The molecule has 1 aliphatic heterocycles. The van der Waals surface area contributed by atoms with Crippen molar-refractivity contribution in [3.8, 4) is 0 Å². The third kappa shape index (κ3) is 6.42. The Bertz CT molecular complexity index is 626. The average molecular weight is 376 g/mol. The van der Waals surface area contributed by atoms with Crippen molar-refractivity contribution in [2.75, 3.05) is 0 Å². The lowest BCUT2D eigenvalue weighted by Crippen LogP contribution is -2.63. The molecule has 1 rings (SSSR count). The molecule has 0 aromatic heterocycles. The number of carbonyl (C=O) groups is 4. The second-order valence-electron chi connectivity index (χ2n) is 6.08. The Morgan fingerprint density at radius 2 is 1.56 bits per heavy atom. The van der Waals surface area contributed by atoms with Gasteiger partial charge in [0.2, 0.25) is 17.7 Å². The summed E-state index contributed by atoms with van der Waals surface area (Å²) >= 11 is 0. The van der Waals surface area contributed by atoms with Gasteiger partial charge in [-0.2, -0.15) is 8.42 Å². The van der Waals surface area contributed by atoms with E-state index >= 15 is 0 Å². The highest BCUT2D eigenvalue weighted by molar-refractivity contribution is 7.87. The summed E-state index contributed by atoms with van der Waals surface area (Å²) in [6.45, 7) is 2.08. The maximum Gasteiger partial charge on any atom is 0.328 e. The molecule has 1 fully saturated rings. The van der Waals surface area contributed by atoms with Gasteiger partial charge in [0.25, 0.3) is 10.2 Å². The first-order chi connectivity index (χ1) is 11.6. The molecular formula is C14H24N4O6S. The van der Waals surface area contributed by atoms with E-state index in [1.165, 1.54) is 4.72 Å². The number of carbonyl (C=O) groups excluding carboxylic acids is 4. The predicted molar refractivity (Wildman–Crippen MR) is 88.0 cm³/mol. The van der Waals surface area contributed by atoms with E-state index in [1.807, 2.05) is 10.6 Å². The Hall–Kier alpha value is -2.01. The van der Waals surface area contributed by atoms with Gasteiger partial charge in [0.05, 0.1) is 6.42 Å². The van der Waals surface area contributed by atoms with Crippen LogP contribution >= 0.6 is 0 Å². The van der Waals surface area contributed by atoms with Gasteiger partial charge in [-0.15, -0.1) is 0 Å². The van der Waals surface area contributed by atoms with Crippen molar-refractivity contribution < 1.29 is 27.6 Å². The van der Waals surface area contributed by atoms with Crippen molar-refractivity contribution in [2.24, 2.45) is 10.6 Å². The molecule has 0 saturated carbocycles. The Kier molecular flexibility index (Phi) is 7.49. The number of unbranched alkanes of at least 4 members (excludes halogenated alkanes) is 5. The van der Waals surface area contributed by atoms with Crippen molar-refractivity contribution in [3.05, 3.63) is 0 Å². The molecule has 0 aromatic carbocycles. The molecule has 1 saturated heterocycles. The number of barbiturate groups is 1. The number of hydrogen-bond donors (Lipinski definition) is 4. The van der Waals surface area contributed by atoms with Crippen molar-refractivity contribution in [1.29, 1.82) is 0 Å². The zero-order valence-electron chi connectivity index (χ0n) is 14.1. The fourth-order valence-corrected chi connectivity index (χ4v) is 3.12. The van der Waals surface area contributed by atoms with Crippen LogP contribution < -0.4 is 20.5 Å². The number of nitrogens with one attached hydrogen (secondary N) is 3. The first kappa shape index (κ1) is 21.0. The fraction of sp³-hybridized carbons (Fsp3) is 0.714. The van der Waals surface area contributed by atoms with Crippen LogP contribution in [-0.4, -0.2) is 32.2 Å². The van der Waals surface area contributed by atoms with Gasteiger partial charge >= 0.3 is 6.03 Å². The van der Waals surface area contributed by atoms with Crippen molar-refractivity contribution in [2.45, 2.75) is 58.3 Å². The van der Waals surface area contributed by atoms with Gasteiger partial charge < -0.3 is 0 Å². The minimum Gasteiger partial charge on any atom is -0.277 e. The van der Waals surface area contributed by atoms with Crippen LogP contribution in [0.3, 0.4) is 0 Å². The molecule has 1 heterocycles. The third-order valence-corrected chi connectivity index (χ3v) is 4.51. The zero-order chi connectivity index (χ0) is 19.1. The highest BCUT2D eigenvalue weighted by Crippen LogP contribution is 2.32. The van der Waals surface area contributed by atoms with Gasteiger partial charge in [-0.1, -0.05) is 45.4 Å². The van der Waals surface area contributed by atoms with Crippen molar-refractivity contribution in [1.82, 2.24) is 15.4 Å². The Balaban J connectivity index is 2.83. The average Bonchev–Trinajstić information content (AvgIpc) is 2.45. The summed E-state index contributed by atoms with van der Waals surface area (Å²) in [5.74, 6) is -2.92. The SMILES string of the molecule is CCCCCCCCC1(CC(=O)NS(N)(=O)=O)C(=O)NC(=O)NC1=O. The Morgan fingerprint density at radius 3 is 2.08 bits per heavy atom. The van der Waals surface area contributed by atoms with Gasteiger partial charge in [-0.25, -0.2) is 14.7 Å². The Labute approximate surface area is 146 Å². The number of amides is 5. The number of imide groups is 2. The molecule has 0 aliphatic carbocycles. The standard InChI is InChI=1S/C14H24N4O6S/c1-2-3-4-5-6-7-8-14(9-10(19)18-25(15,23)24)11(20)16-13(22)17-12(14)21/h2-9H2,1H3,(H,18,19)(H2,15,23,24)(H2,16,17,20,21,22). The maximum atomic E-state index is 12.3. The first-order valence-electron chi connectivity index (χ1n) is 8.11. The highest BCUT2D eigenvalue weighted by Gasteiger charge is 2.51. The lowest BCUT2D eigenvalue weighted by Gasteiger charge is -2.33. The molecule has 25 heavy (non-hydrogen) atoms. The summed E-state index contributed by atoms with van der Waals surface area (Å²) in [5, 5.41) is 8.65. The molecule has 5 N–H and O–H groups in total. The molecule has 0 spiro atoms. The summed E-state index contributed by atoms with van der Waals surface area (Å²) in [5.41, 5.74) is -1.84. The lowest BCUT2D eigenvalue weighted by molar-refractivity contribution is -0.148. The Morgan fingerprint density at radius 1 is 1.04 bits per heavy atom. The molecule has 1 aliphatic rings. The molecule has 0 bridgehead atoms. The largest absolute Gasteiger partial charge is 0.328 e. The topological polar surface area (TPSA) is 165 Å². The second kappa shape index (κ2) is 8.90. The number of nitrogens with two attached hydrogens (primary N) is 1. The predicted octanol–water partition coefficient (Wildman–Crippen LogP) is -0.201. The molecule has 0 aromatic rings. The normalized spacial score (nSPS) is 17.0. The number of hydrogen-bond acceptors (Lipinski definition) is 6. The number of urea groups is 1. The smallest absolute Gasteiger partial charge is 0.277 e. The van der Waals surface area contributed by atoms with Gasteiger partial charge in [0.1, 0.15) is 5.41 Å². The summed E-state index contributed by atoms with van der Waals surface area (Å²) in [4.78, 5) is 47.6. The first-order valence-corrected chi connectivity index (χ1v) is 9.65. The van der Waals surface area contributed by atoms with Gasteiger partial charge in [-0.3, -0.25) is 25.0 Å². The van der Waals surface area contributed by atoms with Gasteiger partial charge in [0, 0.05) is 0 Å². The van der Waals surface area contributed by atoms with Crippen LogP contribution in [-0.2, 0) is 24.6 Å². The molecule has 0 unspecified atom stereocenters. The number of rotatable bonds is 10. The monoisotopic (exact) mass is 376 g/mol. The van der Waals surface area contributed by atoms with E-state index in [0.29, 0.717) is 6.42 Å². The molecule has 142 valence electrons. The molecule has 5 amide bonds. The molecule has 0 atom stereocenters. The summed E-state index contributed by atoms with van der Waals surface area (Å²) in [7, 11) is -4.31. The van der Waals surface area contributed by atoms with Crippen LogP contribution in [0.5, 0.6) is 0 Å². The minimum absolute atomic E-state index is 0.0160. The quantitative estimate of drug-likeness (QED) is 0.304.